The summed E-state index contributed by atoms with van der Waals surface area (Å²) in [6.45, 7) is 3.62. The SMILES string of the molecule is COc1ncc(C#Cc2cccc3cc([C@H](C)NC(=O)c4c(C)nn5cccnc45)n(-c4ccccc4)c(=O)c23)cn1. The topological polar surface area (TPSA) is 116 Å². The molecule has 1 N–H and O–H groups in total. The fraction of sp³-hybridized carbons (Fsp3) is 0.125. The van der Waals surface area contributed by atoms with Crippen LogP contribution in [0.2, 0.25) is 0 Å². The van der Waals surface area contributed by atoms with E-state index in [1.807, 2.05) is 61.5 Å². The predicted octanol–water partition coefficient (Wildman–Crippen LogP) is 4.03. The molecule has 10 heteroatoms. The van der Waals surface area contributed by atoms with Crippen molar-refractivity contribution in [2.75, 3.05) is 7.11 Å². The van der Waals surface area contributed by atoms with Gasteiger partial charge in [-0.15, -0.1) is 0 Å². The zero-order valence-electron chi connectivity index (χ0n) is 23.1. The van der Waals surface area contributed by atoms with Crippen molar-refractivity contribution in [3.63, 3.8) is 0 Å². The van der Waals surface area contributed by atoms with Crippen LogP contribution in [0.3, 0.4) is 0 Å². The van der Waals surface area contributed by atoms with Crippen molar-refractivity contribution in [3.8, 4) is 23.5 Å². The van der Waals surface area contributed by atoms with E-state index in [-0.39, 0.29) is 17.5 Å². The number of methoxy groups -OCH3 is 1. The number of pyridine rings is 1. The fourth-order valence-electron chi connectivity index (χ4n) is 4.88. The minimum absolute atomic E-state index is 0.248. The number of aryl methyl sites for hydroxylation is 1. The normalized spacial score (nSPS) is 11.6. The molecule has 1 amide bonds. The summed E-state index contributed by atoms with van der Waals surface area (Å²) in [7, 11) is 1.49. The van der Waals surface area contributed by atoms with Crippen LogP contribution in [0, 0.1) is 18.8 Å². The lowest BCUT2D eigenvalue weighted by molar-refractivity contribution is 0.0939. The van der Waals surface area contributed by atoms with Crippen molar-refractivity contribution >= 4 is 22.3 Å². The number of carbonyl (C=O) groups excluding carboxylic acids is 1. The van der Waals surface area contributed by atoms with Crippen molar-refractivity contribution < 1.29 is 9.53 Å². The maximum absolute atomic E-state index is 14.2. The average molecular weight is 556 g/mol. The van der Waals surface area contributed by atoms with E-state index in [2.05, 4.69) is 37.2 Å². The molecule has 0 spiro atoms. The Morgan fingerprint density at radius 1 is 1.00 bits per heavy atom. The molecule has 206 valence electrons. The number of hydrogen-bond donors (Lipinski definition) is 1. The molecule has 4 heterocycles. The summed E-state index contributed by atoms with van der Waals surface area (Å²) in [5, 5.41) is 8.63. The van der Waals surface area contributed by atoms with Gasteiger partial charge in [0.25, 0.3) is 11.5 Å². The van der Waals surface area contributed by atoms with Crippen LogP contribution in [0.4, 0.5) is 0 Å². The third-order valence-corrected chi connectivity index (χ3v) is 6.83. The fourth-order valence-corrected chi connectivity index (χ4v) is 4.88. The second-order valence-corrected chi connectivity index (χ2v) is 9.57. The van der Waals surface area contributed by atoms with E-state index in [4.69, 9.17) is 4.74 Å². The van der Waals surface area contributed by atoms with E-state index >= 15 is 0 Å². The Kier molecular flexibility index (Phi) is 6.90. The Morgan fingerprint density at radius 2 is 1.79 bits per heavy atom. The summed E-state index contributed by atoms with van der Waals surface area (Å²) in [6.07, 6.45) is 6.50. The molecule has 0 radical (unpaired) electrons. The highest BCUT2D eigenvalue weighted by molar-refractivity contribution is 6.01. The number of carbonyl (C=O) groups is 1. The van der Waals surface area contributed by atoms with Crippen LogP contribution in [0.5, 0.6) is 6.01 Å². The Balaban J connectivity index is 1.46. The van der Waals surface area contributed by atoms with Crippen LogP contribution < -0.4 is 15.6 Å². The third kappa shape index (κ3) is 4.84. The summed E-state index contributed by atoms with van der Waals surface area (Å²) >= 11 is 0. The van der Waals surface area contributed by atoms with Crippen molar-refractivity contribution in [2.45, 2.75) is 19.9 Å². The van der Waals surface area contributed by atoms with Gasteiger partial charge in [0, 0.05) is 41.7 Å². The Hall–Kier alpha value is -5.82. The maximum Gasteiger partial charge on any atom is 0.316 e. The van der Waals surface area contributed by atoms with Gasteiger partial charge < -0.3 is 10.1 Å². The monoisotopic (exact) mass is 555 g/mol. The van der Waals surface area contributed by atoms with E-state index in [1.54, 1.807) is 46.9 Å². The second-order valence-electron chi connectivity index (χ2n) is 9.57. The molecular formula is C32H25N7O3. The van der Waals surface area contributed by atoms with Gasteiger partial charge in [0.1, 0.15) is 5.56 Å². The standard InChI is InChI=1S/C32H25N7O3/c1-20(36-30(40)27-21(2)37-38-16-8-15-33-29(27)38)26-17-24-10-7-9-23(14-13-22-18-34-32(42-3)35-19-22)28(24)31(41)39(26)25-11-5-4-6-12-25/h4-12,15-20H,1-3H3,(H,36,40)/t20-/m0/s1. The summed E-state index contributed by atoms with van der Waals surface area (Å²) in [5.41, 5.74) is 3.59. The molecule has 2 aromatic carbocycles. The first-order valence-corrected chi connectivity index (χ1v) is 13.2. The average Bonchev–Trinajstić information content (AvgIpc) is 3.36. The number of para-hydroxylation sites is 1. The summed E-state index contributed by atoms with van der Waals surface area (Å²) in [6, 6.07) is 18.2. The van der Waals surface area contributed by atoms with Crippen LogP contribution in [0.1, 0.15) is 45.8 Å². The summed E-state index contributed by atoms with van der Waals surface area (Å²) in [5.74, 6) is 5.82. The smallest absolute Gasteiger partial charge is 0.316 e. The molecule has 0 saturated carbocycles. The van der Waals surface area contributed by atoms with Crippen LogP contribution in [-0.4, -0.2) is 42.2 Å². The van der Waals surface area contributed by atoms with Gasteiger partial charge in [-0.3, -0.25) is 14.2 Å². The maximum atomic E-state index is 14.2. The summed E-state index contributed by atoms with van der Waals surface area (Å²) < 4.78 is 8.21. The lowest BCUT2D eigenvalue weighted by Gasteiger charge is -2.21. The van der Waals surface area contributed by atoms with Gasteiger partial charge in [-0.1, -0.05) is 42.2 Å². The third-order valence-electron chi connectivity index (χ3n) is 6.83. The van der Waals surface area contributed by atoms with E-state index < -0.39 is 6.04 Å². The predicted molar refractivity (Wildman–Crippen MR) is 158 cm³/mol. The zero-order valence-corrected chi connectivity index (χ0v) is 23.1. The van der Waals surface area contributed by atoms with Gasteiger partial charge in [-0.2, -0.15) is 5.10 Å². The second kappa shape index (κ2) is 11.0. The highest BCUT2D eigenvalue weighted by Gasteiger charge is 2.23. The largest absolute Gasteiger partial charge is 0.467 e. The number of benzene rings is 2. The number of hydrogen-bond acceptors (Lipinski definition) is 7. The minimum Gasteiger partial charge on any atom is -0.467 e. The van der Waals surface area contributed by atoms with Crippen LogP contribution in [0.15, 0.2) is 90.2 Å². The Bertz CT molecular complexity index is 2070. The number of nitrogens with zero attached hydrogens (tertiary/aromatic N) is 6. The van der Waals surface area contributed by atoms with Crippen molar-refractivity contribution in [1.29, 1.82) is 0 Å². The number of nitrogens with one attached hydrogen (secondary N) is 1. The molecule has 1 atom stereocenters. The van der Waals surface area contributed by atoms with E-state index in [9.17, 15) is 9.59 Å². The molecule has 42 heavy (non-hydrogen) atoms. The molecule has 0 unspecified atom stereocenters. The van der Waals surface area contributed by atoms with Crippen LogP contribution >= 0.6 is 0 Å². The van der Waals surface area contributed by atoms with Gasteiger partial charge in [0.15, 0.2) is 5.65 Å². The Morgan fingerprint density at radius 3 is 2.55 bits per heavy atom. The van der Waals surface area contributed by atoms with E-state index in [0.29, 0.717) is 50.2 Å². The molecule has 0 saturated heterocycles. The van der Waals surface area contributed by atoms with Gasteiger partial charge >= 0.3 is 6.01 Å². The Labute approximate surface area is 240 Å². The molecule has 0 aliphatic rings. The molecule has 0 aliphatic carbocycles. The van der Waals surface area contributed by atoms with E-state index in [0.717, 1.165) is 0 Å². The van der Waals surface area contributed by atoms with E-state index in [1.165, 1.54) is 7.11 Å². The highest BCUT2D eigenvalue weighted by Crippen LogP contribution is 2.24. The molecule has 4 aromatic heterocycles. The number of fused-ring (bicyclic) bond motifs is 2. The van der Waals surface area contributed by atoms with Gasteiger partial charge in [-0.25, -0.2) is 19.5 Å². The number of aromatic nitrogens is 6. The van der Waals surface area contributed by atoms with Crippen molar-refractivity contribution in [2.24, 2.45) is 0 Å². The molecule has 6 aromatic rings. The number of ether oxygens (including phenoxy) is 1. The highest BCUT2D eigenvalue weighted by atomic mass is 16.5. The quantitative estimate of drug-likeness (QED) is 0.319. The lowest BCUT2D eigenvalue weighted by Crippen LogP contribution is -2.32. The zero-order chi connectivity index (χ0) is 29.2. The van der Waals surface area contributed by atoms with Crippen LogP contribution in [0.25, 0.3) is 22.1 Å². The van der Waals surface area contributed by atoms with Gasteiger partial charge in [0.05, 0.1) is 29.8 Å². The first-order valence-electron chi connectivity index (χ1n) is 13.2. The van der Waals surface area contributed by atoms with Crippen LogP contribution in [-0.2, 0) is 0 Å². The molecular weight excluding hydrogens is 530 g/mol. The number of rotatable bonds is 5. The summed E-state index contributed by atoms with van der Waals surface area (Å²) in [4.78, 5) is 40.3. The molecule has 10 nitrogen and oxygen atoms in total. The van der Waals surface area contributed by atoms with Gasteiger partial charge in [0.2, 0.25) is 0 Å². The molecule has 6 rings (SSSR count). The number of amides is 1. The van der Waals surface area contributed by atoms with Gasteiger partial charge in [-0.05, 0) is 49.6 Å². The van der Waals surface area contributed by atoms with Crippen molar-refractivity contribution in [3.05, 3.63) is 124 Å². The minimum atomic E-state index is -0.543. The molecule has 0 fully saturated rings. The molecule has 0 bridgehead atoms. The first-order chi connectivity index (χ1) is 20.4. The first kappa shape index (κ1) is 26.4. The lowest BCUT2D eigenvalue weighted by atomic mass is 10.0. The van der Waals surface area contributed by atoms with Crippen molar-refractivity contribution in [1.82, 2.24) is 34.4 Å². The molecule has 0 aliphatic heterocycles.